The Morgan fingerprint density at radius 3 is 2.65 bits per heavy atom. The van der Waals surface area contributed by atoms with Crippen molar-refractivity contribution in [1.82, 2.24) is 5.32 Å². The maximum Gasteiger partial charge on any atom is 0.176 e. The van der Waals surface area contributed by atoms with Crippen LogP contribution >= 0.6 is 0 Å². The summed E-state index contributed by atoms with van der Waals surface area (Å²) in [5.74, 6) is 2.47. The molecule has 0 radical (unpaired) electrons. The lowest BCUT2D eigenvalue weighted by Gasteiger charge is -2.21. The highest BCUT2D eigenvalue weighted by molar-refractivity contribution is 5.83. The van der Waals surface area contributed by atoms with Gasteiger partial charge in [0.05, 0.1) is 13.7 Å². The topological polar surface area (TPSA) is 34.4 Å². The molecular weight excluding hydrogens is 250 g/mol. The average Bonchev–Trinajstić information content (AvgIpc) is 2.89. The Morgan fingerprint density at radius 2 is 2.00 bits per heavy atom. The highest BCUT2D eigenvalue weighted by Gasteiger charge is 2.14. The number of ether oxygens (including phenoxy) is 1. The van der Waals surface area contributed by atoms with Gasteiger partial charge in [-0.15, -0.1) is 0 Å². The van der Waals surface area contributed by atoms with Gasteiger partial charge in [0.15, 0.2) is 11.3 Å². The van der Waals surface area contributed by atoms with E-state index in [0.717, 1.165) is 29.0 Å². The SMILES string of the molecule is CCC(CC)C(C)NCc1cc2cccc(OC)c2o1. The minimum absolute atomic E-state index is 0.500. The van der Waals surface area contributed by atoms with Crippen LogP contribution in [0.5, 0.6) is 5.75 Å². The third-order valence-electron chi connectivity index (χ3n) is 4.13. The number of benzene rings is 1. The van der Waals surface area contributed by atoms with Gasteiger partial charge in [-0.05, 0) is 25.0 Å². The minimum atomic E-state index is 0.500. The first-order valence-corrected chi connectivity index (χ1v) is 7.48. The van der Waals surface area contributed by atoms with E-state index in [9.17, 15) is 0 Å². The Bertz CT molecular complexity index is 543. The molecule has 110 valence electrons. The Hall–Kier alpha value is -1.48. The molecule has 0 aliphatic carbocycles. The number of methoxy groups -OCH3 is 1. The van der Waals surface area contributed by atoms with Crippen molar-refractivity contribution < 1.29 is 9.15 Å². The van der Waals surface area contributed by atoms with Gasteiger partial charge in [-0.25, -0.2) is 0 Å². The summed E-state index contributed by atoms with van der Waals surface area (Å²) in [6, 6.07) is 8.55. The molecule has 1 heterocycles. The Labute approximate surface area is 121 Å². The van der Waals surface area contributed by atoms with Crippen LogP contribution in [0, 0.1) is 5.92 Å². The molecule has 1 aromatic carbocycles. The van der Waals surface area contributed by atoms with E-state index in [4.69, 9.17) is 9.15 Å². The molecule has 2 aromatic rings. The molecule has 1 aromatic heterocycles. The van der Waals surface area contributed by atoms with Crippen LogP contribution in [0.1, 0.15) is 39.4 Å². The molecule has 0 aliphatic rings. The molecule has 0 spiro atoms. The van der Waals surface area contributed by atoms with E-state index in [0.29, 0.717) is 12.0 Å². The van der Waals surface area contributed by atoms with E-state index in [2.05, 4.69) is 38.2 Å². The van der Waals surface area contributed by atoms with Crippen molar-refractivity contribution in [2.24, 2.45) is 5.92 Å². The highest BCUT2D eigenvalue weighted by Crippen LogP contribution is 2.28. The van der Waals surface area contributed by atoms with Crippen molar-refractivity contribution in [2.75, 3.05) is 7.11 Å². The van der Waals surface area contributed by atoms with Crippen molar-refractivity contribution in [3.8, 4) is 5.75 Å². The van der Waals surface area contributed by atoms with E-state index in [-0.39, 0.29) is 0 Å². The van der Waals surface area contributed by atoms with Gasteiger partial charge < -0.3 is 14.5 Å². The van der Waals surface area contributed by atoms with Gasteiger partial charge in [0.2, 0.25) is 0 Å². The minimum Gasteiger partial charge on any atom is -0.493 e. The van der Waals surface area contributed by atoms with Crippen molar-refractivity contribution >= 4 is 11.0 Å². The zero-order chi connectivity index (χ0) is 14.5. The molecule has 1 atom stereocenters. The Morgan fingerprint density at radius 1 is 1.25 bits per heavy atom. The zero-order valence-corrected chi connectivity index (χ0v) is 12.9. The monoisotopic (exact) mass is 275 g/mol. The van der Waals surface area contributed by atoms with Gasteiger partial charge in [0.25, 0.3) is 0 Å². The molecular formula is C17H25NO2. The van der Waals surface area contributed by atoms with E-state index < -0.39 is 0 Å². The van der Waals surface area contributed by atoms with Crippen molar-refractivity contribution in [3.63, 3.8) is 0 Å². The first-order chi connectivity index (χ1) is 9.69. The lowest BCUT2D eigenvalue weighted by Crippen LogP contribution is -2.32. The van der Waals surface area contributed by atoms with E-state index in [1.807, 2.05) is 12.1 Å². The molecule has 0 aliphatic heterocycles. The Balaban J connectivity index is 2.07. The maximum atomic E-state index is 5.90. The lowest BCUT2D eigenvalue weighted by atomic mass is 9.95. The number of rotatable bonds is 7. The summed E-state index contributed by atoms with van der Waals surface area (Å²) in [4.78, 5) is 0. The fraction of sp³-hybridized carbons (Fsp3) is 0.529. The van der Waals surface area contributed by atoms with Gasteiger partial charge in [0.1, 0.15) is 5.76 Å². The fourth-order valence-corrected chi connectivity index (χ4v) is 2.76. The number of fused-ring (bicyclic) bond motifs is 1. The fourth-order valence-electron chi connectivity index (χ4n) is 2.76. The van der Waals surface area contributed by atoms with Gasteiger partial charge >= 0.3 is 0 Å². The summed E-state index contributed by atoms with van der Waals surface area (Å²) in [6.45, 7) is 7.51. The summed E-state index contributed by atoms with van der Waals surface area (Å²) in [5.41, 5.74) is 0.835. The molecule has 3 heteroatoms. The zero-order valence-electron chi connectivity index (χ0n) is 12.9. The molecule has 1 N–H and O–H groups in total. The van der Waals surface area contributed by atoms with Crippen LogP contribution < -0.4 is 10.1 Å². The van der Waals surface area contributed by atoms with Crippen LogP contribution in [0.25, 0.3) is 11.0 Å². The standard InChI is InChI=1S/C17H25NO2/c1-5-13(6-2)12(3)18-11-15-10-14-8-7-9-16(19-4)17(14)20-15/h7-10,12-13,18H,5-6,11H2,1-4H3. The van der Waals surface area contributed by atoms with E-state index in [1.54, 1.807) is 7.11 Å². The summed E-state index contributed by atoms with van der Waals surface area (Å²) in [6.07, 6.45) is 2.41. The summed E-state index contributed by atoms with van der Waals surface area (Å²) in [5, 5.41) is 4.66. The summed E-state index contributed by atoms with van der Waals surface area (Å²) in [7, 11) is 1.67. The highest BCUT2D eigenvalue weighted by atomic mass is 16.5. The second-order valence-corrected chi connectivity index (χ2v) is 5.34. The van der Waals surface area contributed by atoms with Crippen molar-refractivity contribution in [3.05, 3.63) is 30.0 Å². The molecule has 0 bridgehead atoms. The number of nitrogens with one attached hydrogen (secondary N) is 1. The molecule has 0 fully saturated rings. The normalized spacial score (nSPS) is 13.1. The first-order valence-electron chi connectivity index (χ1n) is 7.48. The van der Waals surface area contributed by atoms with Crippen LogP contribution in [0.4, 0.5) is 0 Å². The van der Waals surface area contributed by atoms with Crippen molar-refractivity contribution in [1.29, 1.82) is 0 Å². The summed E-state index contributed by atoms with van der Waals surface area (Å²) < 4.78 is 11.2. The smallest absolute Gasteiger partial charge is 0.176 e. The molecule has 2 rings (SSSR count). The second kappa shape index (κ2) is 6.80. The van der Waals surface area contributed by atoms with E-state index >= 15 is 0 Å². The summed E-state index contributed by atoms with van der Waals surface area (Å²) >= 11 is 0. The average molecular weight is 275 g/mol. The van der Waals surface area contributed by atoms with Crippen LogP contribution in [0.15, 0.2) is 28.7 Å². The van der Waals surface area contributed by atoms with Crippen LogP contribution in [0.3, 0.4) is 0 Å². The number of furan rings is 1. The third kappa shape index (κ3) is 3.15. The van der Waals surface area contributed by atoms with Crippen LogP contribution in [0.2, 0.25) is 0 Å². The van der Waals surface area contributed by atoms with Crippen molar-refractivity contribution in [2.45, 2.75) is 46.2 Å². The van der Waals surface area contributed by atoms with Gasteiger partial charge in [-0.3, -0.25) is 0 Å². The van der Waals surface area contributed by atoms with Crippen LogP contribution in [-0.4, -0.2) is 13.2 Å². The second-order valence-electron chi connectivity index (χ2n) is 5.34. The van der Waals surface area contributed by atoms with Crippen LogP contribution in [-0.2, 0) is 6.54 Å². The van der Waals surface area contributed by atoms with E-state index in [1.165, 1.54) is 12.8 Å². The number of para-hydroxylation sites is 1. The molecule has 0 saturated heterocycles. The maximum absolute atomic E-state index is 5.90. The predicted octanol–water partition coefficient (Wildman–Crippen LogP) is 4.36. The van der Waals surface area contributed by atoms with Gasteiger partial charge in [-0.1, -0.05) is 38.8 Å². The largest absolute Gasteiger partial charge is 0.493 e. The number of hydrogen-bond acceptors (Lipinski definition) is 3. The molecule has 1 unspecified atom stereocenters. The Kier molecular flexibility index (Phi) is 5.07. The molecule has 20 heavy (non-hydrogen) atoms. The molecule has 3 nitrogen and oxygen atoms in total. The third-order valence-corrected chi connectivity index (χ3v) is 4.13. The quantitative estimate of drug-likeness (QED) is 0.815. The first kappa shape index (κ1) is 14.9. The van der Waals surface area contributed by atoms with Gasteiger partial charge in [-0.2, -0.15) is 0 Å². The molecule has 0 saturated carbocycles. The number of hydrogen-bond donors (Lipinski definition) is 1. The van der Waals surface area contributed by atoms with Gasteiger partial charge in [0, 0.05) is 11.4 Å². The lowest BCUT2D eigenvalue weighted by molar-refractivity contribution is 0.341. The predicted molar refractivity (Wildman–Crippen MR) is 83.1 cm³/mol. The molecule has 0 amide bonds.